The van der Waals surface area contributed by atoms with Crippen LogP contribution >= 0.6 is 11.6 Å². The number of halogens is 4. The van der Waals surface area contributed by atoms with Crippen molar-refractivity contribution in [3.8, 4) is 0 Å². The van der Waals surface area contributed by atoms with Crippen LogP contribution in [-0.2, 0) is 6.54 Å². The molecule has 2 N–H and O–H groups in total. The maximum absolute atomic E-state index is 13.0. The van der Waals surface area contributed by atoms with Gasteiger partial charge in [-0.1, -0.05) is 11.6 Å². The van der Waals surface area contributed by atoms with E-state index < -0.39 is 22.8 Å². The third kappa shape index (κ3) is 1.92. The zero-order valence-electron chi connectivity index (χ0n) is 6.40. The second-order valence-electron chi connectivity index (χ2n) is 2.29. The summed E-state index contributed by atoms with van der Waals surface area (Å²) in [7, 11) is 0. The van der Waals surface area contributed by atoms with Crippen molar-refractivity contribution in [1.29, 1.82) is 0 Å². The Balaban J connectivity index is 3.23. The van der Waals surface area contributed by atoms with Crippen LogP contribution in [0.1, 0.15) is 17.7 Å². The second kappa shape index (κ2) is 3.93. The molecule has 0 aliphatic heterocycles. The second-order valence-corrected chi connectivity index (χ2v) is 2.67. The van der Waals surface area contributed by atoms with E-state index in [1.54, 1.807) is 0 Å². The summed E-state index contributed by atoms with van der Waals surface area (Å²) in [5.41, 5.74) is 4.37. The molecular weight excluding hydrogens is 205 g/mol. The van der Waals surface area contributed by atoms with E-state index in [4.69, 9.17) is 17.3 Å². The van der Waals surface area contributed by atoms with Crippen molar-refractivity contribution in [2.75, 3.05) is 0 Å². The summed E-state index contributed by atoms with van der Waals surface area (Å²) in [6.45, 7) is -0.172. The smallest absolute Gasteiger partial charge is 0.266 e. The molecule has 0 atom stereocenters. The van der Waals surface area contributed by atoms with Crippen molar-refractivity contribution in [2.45, 2.75) is 13.0 Å². The summed E-state index contributed by atoms with van der Waals surface area (Å²) in [6.07, 6.45) is -2.00. The van der Waals surface area contributed by atoms with E-state index in [9.17, 15) is 13.2 Å². The number of hydrogen-bond donors (Lipinski definition) is 1. The van der Waals surface area contributed by atoms with Gasteiger partial charge in [-0.15, -0.1) is 0 Å². The third-order valence-corrected chi connectivity index (χ3v) is 1.87. The van der Waals surface area contributed by atoms with Crippen molar-refractivity contribution in [3.63, 3.8) is 0 Å². The normalized spacial score (nSPS) is 10.9. The lowest BCUT2D eigenvalue weighted by Gasteiger charge is -2.05. The van der Waals surface area contributed by atoms with Gasteiger partial charge in [-0.25, -0.2) is 13.2 Å². The Kier molecular flexibility index (Phi) is 3.11. The molecule has 2 nitrogen and oxygen atoms in total. The van der Waals surface area contributed by atoms with E-state index in [0.717, 1.165) is 6.20 Å². The molecule has 1 rings (SSSR count). The van der Waals surface area contributed by atoms with Crippen LogP contribution in [0.3, 0.4) is 0 Å². The first-order valence-electron chi connectivity index (χ1n) is 3.39. The molecule has 0 aliphatic carbocycles. The van der Waals surface area contributed by atoms with Crippen LogP contribution in [0, 0.1) is 5.82 Å². The molecule has 0 saturated carbocycles. The predicted octanol–water partition coefficient (Wildman–Crippen LogP) is 2.27. The number of rotatable bonds is 2. The van der Waals surface area contributed by atoms with Crippen LogP contribution < -0.4 is 5.73 Å². The molecular formula is C7H6ClF3N2. The van der Waals surface area contributed by atoms with Gasteiger partial charge in [-0.05, 0) is 0 Å². The zero-order valence-corrected chi connectivity index (χ0v) is 7.15. The van der Waals surface area contributed by atoms with E-state index >= 15 is 0 Å². The molecule has 0 fully saturated rings. The summed E-state index contributed by atoms with van der Waals surface area (Å²) in [5, 5.41) is -0.606. The lowest BCUT2D eigenvalue weighted by atomic mass is 10.2. The van der Waals surface area contributed by atoms with Crippen molar-refractivity contribution in [3.05, 3.63) is 28.3 Å². The fourth-order valence-electron chi connectivity index (χ4n) is 0.809. The van der Waals surface area contributed by atoms with Gasteiger partial charge in [0, 0.05) is 12.7 Å². The molecule has 1 aromatic heterocycles. The van der Waals surface area contributed by atoms with Crippen LogP contribution in [0.5, 0.6) is 0 Å². The van der Waals surface area contributed by atoms with Crippen LogP contribution in [0.15, 0.2) is 6.20 Å². The highest BCUT2D eigenvalue weighted by atomic mass is 35.5. The molecule has 0 bridgehead atoms. The van der Waals surface area contributed by atoms with Gasteiger partial charge in [0.15, 0.2) is 5.82 Å². The van der Waals surface area contributed by atoms with Crippen molar-refractivity contribution in [2.24, 2.45) is 5.73 Å². The van der Waals surface area contributed by atoms with Gasteiger partial charge in [-0.2, -0.15) is 0 Å². The van der Waals surface area contributed by atoms with Gasteiger partial charge in [-0.3, -0.25) is 4.98 Å². The maximum Gasteiger partial charge on any atom is 0.266 e. The van der Waals surface area contributed by atoms with Crippen molar-refractivity contribution < 1.29 is 13.2 Å². The number of alkyl halides is 2. The van der Waals surface area contributed by atoms with Gasteiger partial charge in [0.05, 0.1) is 16.3 Å². The lowest BCUT2D eigenvalue weighted by Crippen LogP contribution is -2.05. The molecule has 0 aromatic carbocycles. The Morgan fingerprint density at radius 3 is 2.62 bits per heavy atom. The lowest BCUT2D eigenvalue weighted by molar-refractivity contribution is 0.150. The standard InChI is InChI=1S/C7H6ClF3N2/c8-5-3(7(10)11)2-13-4(1-12)6(5)9/h2,7H,1,12H2. The molecule has 0 spiro atoms. The van der Waals surface area contributed by atoms with Crippen LogP contribution in [-0.4, -0.2) is 4.98 Å². The number of nitrogens with two attached hydrogens (primary N) is 1. The Morgan fingerprint density at radius 1 is 1.54 bits per heavy atom. The van der Waals surface area contributed by atoms with E-state index in [-0.39, 0.29) is 12.2 Å². The zero-order chi connectivity index (χ0) is 10.0. The molecule has 0 aliphatic rings. The molecule has 0 radical (unpaired) electrons. The van der Waals surface area contributed by atoms with Gasteiger partial charge in [0.1, 0.15) is 0 Å². The SMILES string of the molecule is NCc1ncc(C(F)F)c(Cl)c1F. The quantitative estimate of drug-likeness (QED) is 0.813. The maximum atomic E-state index is 13.0. The Bertz CT molecular complexity index is 317. The molecule has 0 amide bonds. The molecule has 0 unspecified atom stereocenters. The van der Waals surface area contributed by atoms with Gasteiger partial charge < -0.3 is 5.73 Å². The number of pyridine rings is 1. The summed E-state index contributed by atoms with van der Waals surface area (Å²) in [4.78, 5) is 3.41. The van der Waals surface area contributed by atoms with E-state index in [2.05, 4.69) is 4.98 Å². The largest absolute Gasteiger partial charge is 0.325 e. The van der Waals surface area contributed by atoms with Crippen LogP contribution in [0.2, 0.25) is 5.02 Å². The number of nitrogens with zero attached hydrogens (tertiary/aromatic N) is 1. The van der Waals surface area contributed by atoms with Gasteiger partial charge in [0.25, 0.3) is 6.43 Å². The van der Waals surface area contributed by atoms with Crippen LogP contribution in [0.4, 0.5) is 13.2 Å². The molecule has 1 heterocycles. The van der Waals surface area contributed by atoms with E-state index in [1.807, 2.05) is 0 Å². The average molecular weight is 211 g/mol. The average Bonchev–Trinajstić information content (AvgIpc) is 2.09. The minimum atomic E-state index is -2.83. The Hall–Kier alpha value is -0.810. The molecule has 0 saturated heterocycles. The summed E-state index contributed by atoms with van der Waals surface area (Å²) in [5.74, 6) is -0.970. The Morgan fingerprint density at radius 2 is 2.15 bits per heavy atom. The minimum absolute atomic E-state index is 0.116. The highest BCUT2D eigenvalue weighted by molar-refractivity contribution is 6.31. The first-order chi connectivity index (χ1) is 6.07. The van der Waals surface area contributed by atoms with Crippen molar-refractivity contribution in [1.82, 2.24) is 4.98 Å². The van der Waals surface area contributed by atoms with E-state index in [0.29, 0.717) is 0 Å². The summed E-state index contributed by atoms with van der Waals surface area (Å²) >= 11 is 5.32. The summed E-state index contributed by atoms with van der Waals surface area (Å²) in [6, 6.07) is 0. The predicted molar refractivity (Wildman–Crippen MR) is 42.1 cm³/mol. The van der Waals surface area contributed by atoms with Crippen LogP contribution in [0.25, 0.3) is 0 Å². The number of aromatic nitrogens is 1. The van der Waals surface area contributed by atoms with Gasteiger partial charge >= 0.3 is 0 Å². The minimum Gasteiger partial charge on any atom is -0.325 e. The highest BCUT2D eigenvalue weighted by Crippen LogP contribution is 2.29. The highest BCUT2D eigenvalue weighted by Gasteiger charge is 2.18. The van der Waals surface area contributed by atoms with Crippen molar-refractivity contribution >= 4 is 11.6 Å². The first-order valence-corrected chi connectivity index (χ1v) is 3.76. The van der Waals surface area contributed by atoms with Gasteiger partial charge in [0.2, 0.25) is 0 Å². The monoisotopic (exact) mass is 210 g/mol. The van der Waals surface area contributed by atoms with E-state index in [1.165, 1.54) is 0 Å². The summed E-state index contributed by atoms with van der Waals surface area (Å²) < 4.78 is 37.3. The Labute approximate surface area is 77.5 Å². The first kappa shape index (κ1) is 10.3. The molecule has 72 valence electrons. The number of hydrogen-bond acceptors (Lipinski definition) is 2. The topological polar surface area (TPSA) is 38.9 Å². The molecule has 1 aromatic rings. The molecule has 13 heavy (non-hydrogen) atoms. The fraction of sp³-hybridized carbons (Fsp3) is 0.286. The molecule has 6 heteroatoms. The third-order valence-electron chi connectivity index (χ3n) is 1.49. The fourth-order valence-corrected chi connectivity index (χ4v) is 1.05.